The van der Waals surface area contributed by atoms with Gasteiger partial charge in [-0.2, -0.15) is 5.10 Å². The van der Waals surface area contributed by atoms with E-state index in [9.17, 15) is 10.1 Å². The highest BCUT2D eigenvalue weighted by atomic mass is 16.6. The fraction of sp³-hybridized carbons (Fsp3) is 0.750. The molecule has 1 aliphatic rings. The standard InChI is InChI=1S/C12H21N5O2/c1-4-6-16-12(11(17(18)19)10(3)14-16)15-7-5-13-9(2)8-15/h9,13H,4-8H2,1-3H3/t9-/m0/s1. The molecule has 0 aromatic carbocycles. The lowest BCUT2D eigenvalue weighted by Gasteiger charge is -2.33. The first kappa shape index (κ1) is 13.8. The average molecular weight is 267 g/mol. The van der Waals surface area contributed by atoms with Crippen LogP contribution in [0.4, 0.5) is 11.5 Å². The third-order valence-corrected chi connectivity index (χ3v) is 3.36. The van der Waals surface area contributed by atoms with Crippen LogP contribution in [-0.2, 0) is 6.54 Å². The summed E-state index contributed by atoms with van der Waals surface area (Å²) in [5.74, 6) is 0.665. The van der Waals surface area contributed by atoms with Gasteiger partial charge in [0.2, 0.25) is 5.82 Å². The van der Waals surface area contributed by atoms with Crippen molar-refractivity contribution in [2.24, 2.45) is 0 Å². The normalized spacial score (nSPS) is 19.7. The van der Waals surface area contributed by atoms with Crippen LogP contribution in [0.3, 0.4) is 0 Å². The zero-order chi connectivity index (χ0) is 14.0. The molecule has 7 nitrogen and oxygen atoms in total. The van der Waals surface area contributed by atoms with Crippen LogP contribution in [-0.4, -0.2) is 40.4 Å². The summed E-state index contributed by atoms with van der Waals surface area (Å²) in [5.41, 5.74) is 0.655. The molecule has 2 rings (SSSR count). The largest absolute Gasteiger partial charge is 0.348 e. The van der Waals surface area contributed by atoms with E-state index in [0.717, 1.165) is 26.1 Å². The molecular formula is C12H21N5O2. The third-order valence-electron chi connectivity index (χ3n) is 3.36. The summed E-state index contributed by atoms with van der Waals surface area (Å²) in [5, 5.41) is 19.0. The molecule has 1 N–H and O–H groups in total. The molecule has 1 fully saturated rings. The summed E-state index contributed by atoms with van der Waals surface area (Å²) in [7, 11) is 0. The molecular weight excluding hydrogens is 246 g/mol. The highest BCUT2D eigenvalue weighted by Crippen LogP contribution is 2.32. The Morgan fingerprint density at radius 1 is 1.58 bits per heavy atom. The Labute approximate surface area is 112 Å². The van der Waals surface area contributed by atoms with E-state index < -0.39 is 0 Å². The maximum atomic E-state index is 11.3. The first-order valence-corrected chi connectivity index (χ1v) is 6.74. The van der Waals surface area contributed by atoms with Crippen molar-refractivity contribution in [3.63, 3.8) is 0 Å². The zero-order valence-corrected chi connectivity index (χ0v) is 11.7. The highest BCUT2D eigenvalue weighted by molar-refractivity contribution is 5.61. The van der Waals surface area contributed by atoms with Crippen molar-refractivity contribution in [3.8, 4) is 0 Å². The van der Waals surface area contributed by atoms with Crippen LogP contribution < -0.4 is 10.2 Å². The minimum atomic E-state index is -0.309. The van der Waals surface area contributed by atoms with Crippen molar-refractivity contribution in [1.29, 1.82) is 0 Å². The second-order valence-corrected chi connectivity index (χ2v) is 5.04. The van der Waals surface area contributed by atoms with Gasteiger partial charge in [0.15, 0.2) is 0 Å². The Hall–Kier alpha value is -1.63. The van der Waals surface area contributed by atoms with E-state index >= 15 is 0 Å². The minimum absolute atomic E-state index is 0.155. The molecule has 2 heterocycles. The first-order chi connectivity index (χ1) is 9.04. The van der Waals surface area contributed by atoms with Crippen molar-refractivity contribution in [2.45, 2.75) is 39.8 Å². The number of anilines is 1. The minimum Gasteiger partial charge on any atom is -0.348 e. The van der Waals surface area contributed by atoms with Crippen LogP contribution in [0.2, 0.25) is 0 Å². The van der Waals surface area contributed by atoms with Gasteiger partial charge in [-0.25, -0.2) is 4.68 Å². The van der Waals surface area contributed by atoms with E-state index in [2.05, 4.69) is 22.2 Å². The molecule has 1 saturated heterocycles. The van der Waals surface area contributed by atoms with Crippen LogP contribution in [0, 0.1) is 17.0 Å². The third kappa shape index (κ3) is 2.70. The Morgan fingerprint density at radius 3 is 2.89 bits per heavy atom. The van der Waals surface area contributed by atoms with Gasteiger partial charge in [0.05, 0.1) is 4.92 Å². The lowest BCUT2D eigenvalue weighted by atomic mass is 10.2. The Balaban J connectivity index is 2.42. The van der Waals surface area contributed by atoms with Gasteiger partial charge in [-0.15, -0.1) is 0 Å². The Morgan fingerprint density at radius 2 is 2.32 bits per heavy atom. The number of piperazine rings is 1. The van der Waals surface area contributed by atoms with Crippen molar-refractivity contribution < 1.29 is 4.92 Å². The van der Waals surface area contributed by atoms with Crippen LogP contribution in [0.15, 0.2) is 0 Å². The molecule has 1 atom stereocenters. The van der Waals surface area contributed by atoms with Crippen molar-refractivity contribution >= 4 is 11.5 Å². The maximum Gasteiger partial charge on any atom is 0.333 e. The topological polar surface area (TPSA) is 76.2 Å². The van der Waals surface area contributed by atoms with Gasteiger partial charge in [-0.05, 0) is 20.3 Å². The molecule has 1 aliphatic heterocycles. The lowest BCUT2D eigenvalue weighted by molar-refractivity contribution is -0.384. The van der Waals surface area contributed by atoms with E-state index in [-0.39, 0.29) is 10.6 Å². The van der Waals surface area contributed by atoms with Gasteiger partial charge < -0.3 is 10.2 Å². The molecule has 106 valence electrons. The van der Waals surface area contributed by atoms with Gasteiger partial charge in [0.25, 0.3) is 0 Å². The molecule has 0 saturated carbocycles. The van der Waals surface area contributed by atoms with E-state index in [4.69, 9.17) is 0 Å². The lowest BCUT2D eigenvalue weighted by Crippen LogP contribution is -2.50. The highest BCUT2D eigenvalue weighted by Gasteiger charge is 2.31. The summed E-state index contributed by atoms with van der Waals surface area (Å²) in [6.07, 6.45) is 0.910. The number of nitrogens with zero attached hydrogens (tertiary/aromatic N) is 4. The number of hydrogen-bond donors (Lipinski definition) is 1. The fourth-order valence-corrected chi connectivity index (χ4v) is 2.58. The van der Waals surface area contributed by atoms with Crippen molar-refractivity contribution in [1.82, 2.24) is 15.1 Å². The summed E-state index contributed by atoms with van der Waals surface area (Å²) >= 11 is 0. The van der Waals surface area contributed by atoms with E-state index in [1.54, 1.807) is 11.6 Å². The van der Waals surface area contributed by atoms with Gasteiger partial charge in [-0.1, -0.05) is 6.92 Å². The van der Waals surface area contributed by atoms with Crippen LogP contribution in [0.5, 0.6) is 0 Å². The molecule has 7 heteroatoms. The van der Waals surface area contributed by atoms with Crippen molar-refractivity contribution in [2.75, 3.05) is 24.5 Å². The van der Waals surface area contributed by atoms with E-state index in [1.807, 2.05) is 6.92 Å². The second kappa shape index (κ2) is 5.56. The van der Waals surface area contributed by atoms with Crippen molar-refractivity contribution in [3.05, 3.63) is 15.8 Å². The smallest absolute Gasteiger partial charge is 0.333 e. The number of rotatable bonds is 4. The van der Waals surface area contributed by atoms with Gasteiger partial charge in [0, 0.05) is 32.2 Å². The summed E-state index contributed by atoms with van der Waals surface area (Å²) < 4.78 is 1.78. The summed E-state index contributed by atoms with van der Waals surface area (Å²) in [4.78, 5) is 13.1. The number of nitro groups is 1. The SMILES string of the molecule is CCCn1nc(C)c([N+](=O)[O-])c1N1CCN[C@@H](C)C1. The van der Waals surface area contributed by atoms with Gasteiger partial charge in [0.1, 0.15) is 5.69 Å². The van der Waals surface area contributed by atoms with Gasteiger partial charge >= 0.3 is 5.69 Å². The predicted molar refractivity (Wildman–Crippen MR) is 73.6 cm³/mol. The van der Waals surface area contributed by atoms with Gasteiger partial charge in [-0.3, -0.25) is 10.1 Å². The monoisotopic (exact) mass is 267 g/mol. The predicted octanol–water partition coefficient (Wildman–Crippen LogP) is 1.31. The molecule has 19 heavy (non-hydrogen) atoms. The summed E-state index contributed by atoms with van der Waals surface area (Å²) in [6.45, 7) is 8.95. The molecule has 0 aliphatic carbocycles. The maximum absolute atomic E-state index is 11.3. The quantitative estimate of drug-likeness (QED) is 0.657. The molecule has 0 spiro atoms. The number of hydrogen-bond acceptors (Lipinski definition) is 5. The summed E-state index contributed by atoms with van der Waals surface area (Å²) in [6, 6.07) is 0.332. The molecule has 0 radical (unpaired) electrons. The number of nitrogens with one attached hydrogen (secondary N) is 1. The molecule has 1 aromatic rings. The molecule has 0 unspecified atom stereocenters. The Kier molecular flexibility index (Phi) is 4.04. The second-order valence-electron chi connectivity index (χ2n) is 5.04. The van der Waals surface area contributed by atoms with Crippen LogP contribution in [0.25, 0.3) is 0 Å². The molecule has 0 amide bonds. The number of aromatic nitrogens is 2. The van der Waals surface area contributed by atoms with E-state index in [0.29, 0.717) is 24.1 Å². The fourth-order valence-electron chi connectivity index (χ4n) is 2.58. The number of aryl methyl sites for hydroxylation is 2. The molecule has 1 aromatic heterocycles. The first-order valence-electron chi connectivity index (χ1n) is 6.74. The van der Waals surface area contributed by atoms with E-state index in [1.165, 1.54) is 0 Å². The van der Waals surface area contributed by atoms with Crippen LogP contribution >= 0.6 is 0 Å². The Bertz CT molecular complexity index is 471. The zero-order valence-electron chi connectivity index (χ0n) is 11.7. The average Bonchev–Trinajstić information content (AvgIpc) is 2.66. The van der Waals surface area contributed by atoms with Crippen LogP contribution in [0.1, 0.15) is 26.0 Å². The molecule has 0 bridgehead atoms.